The molecule has 3 heterocycles. The molecule has 0 aromatic heterocycles. The number of benzene rings is 1. The van der Waals surface area contributed by atoms with E-state index in [2.05, 4.69) is 4.90 Å². The van der Waals surface area contributed by atoms with Gasteiger partial charge in [0.1, 0.15) is 0 Å². The predicted octanol–water partition coefficient (Wildman–Crippen LogP) is 1.56. The van der Waals surface area contributed by atoms with Crippen LogP contribution in [0.5, 0.6) is 11.5 Å². The smallest absolute Gasteiger partial charge is 0.211 e. The summed E-state index contributed by atoms with van der Waals surface area (Å²) in [6, 6.07) is 6.17. The Kier molecular flexibility index (Phi) is 5.03. The maximum Gasteiger partial charge on any atom is 0.211 e. The fourth-order valence-corrected chi connectivity index (χ4v) is 4.82. The van der Waals surface area contributed by atoms with Gasteiger partial charge in [-0.05, 0) is 24.8 Å². The van der Waals surface area contributed by atoms with E-state index in [9.17, 15) is 8.42 Å². The molecule has 2 atom stereocenters. The van der Waals surface area contributed by atoms with E-state index in [4.69, 9.17) is 9.47 Å². The van der Waals surface area contributed by atoms with Crippen molar-refractivity contribution >= 4 is 10.0 Å². The first kappa shape index (κ1) is 17.5. The van der Waals surface area contributed by atoms with Crippen molar-refractivity contribution in [1.82, 2.24) is 9.21 Å². The van der Waals surface area contributed by atoms with Crippen molar-refractivity contribution in [2.24, 2.45) is 5.92 Å². The Morgan fingerprint density at radius 3 is 2.58 bits per heavy atom. The summed E-state index contributed by atoms with van der Waals surface area (Å²) in [5.41, 5.74) is 1.08. The van der Waals surface area contributed by atoms with Crippen LogP contribution in [0.1, 0.15) is 18.4 Å². The monoisotopic (exact) mass is 354 g/mol. The summed E-state index contributed by atoms with van der Waals surface area (Å²) in [7, 11) is 0.160. The van der Waals surface area contributed by atoms with Crippen molar-refractivity contribution < 1.29 is 17.9 Å². The fraction of sp³-hybridized carbons (Fsp3) is 0.647. The van der Waals surface area contributed by atoms with Gasteiger partial charge in [0.15, 0.2) is 11.5 Å². The van der Waals surface area contributed by atoms with Crippen LogP contribution < -0.4 is 9.47 Å². The Morgan fingerprint density at radius 1 is 1.12 bits per heavy atom. The van der Waals surface area contributed by atoms with Gasteiger partial charge < -0.3 is 9.47 Å². The van der Waals surface area contributed by atoms with E-state index in [1.807, 2.05) is 18.2 Å². The molecule has 7 heteroatoms. The van der Waals surface area contributed by atoms with Crippen molar-refractivity contribution in [3.8, 4) is 11.5 Å². The quantitative estimate of drug-likeness (QED) is 0.803. The van der Waals surface area contributed by atoms with Gasteiger partial charge >= 0.3 is 0 Å². The lowest BCUT2D eigenvalue weighted by Crippen LogP contribution is -2.43. The molecule has 1 aromatic rings. The third-order valence-corrected chi connectivity index (χ3v) is 6.36. The SMILES string of the molecule is COc1cccc(CN2C[C@H]3CC[C@@H]2CN(S(C)(=O)=O)C3)c1OC. The number of nitrogens with zero attached hydrogens (tertiary/aromatic N) is 2. The van der Waals surface area contributed by atoms with E-state index in [1.165, 1.54) is 6.26 Å². The summed E-state index contributed by atoms with van der Waals surface area (Å²) < 4.78 is 36.5. The molecule has 0 spiro atoms. The van der Waals surface area contributed by atoms with Gasteiger partial charge in [0, 0.05) is 37.8 Å². The minimum atomic E-state index is -3.13. The van der Waals surface area contributed by atoms with E-state index in [0.29, 0.717) is 19.0 Å². The molecule has 1 aromatic carbocycles. The molecular formula is C17H26N2O4S. The highest BCUT2D eigenvalue weighted by molar-refractivity contribution is 7.88. The van der Waals surface area contributed by atoms with Crippen LogP contribution in [0.15, 0.2) is 18.2 Å². The fourth-order valence-electron chi connectivity index (χ4n) is 3.90. The van der Waals surface area contributed by atoms with Crippen LogP contribution in [0.3, 0.4) is 0 Å². The zero-order chi connectivity index (χ0) is 17.3. The van der Waals surface area contributed by atoms with Gasteiger partial charge in [-0.15, -0.1) is 0 Å². The Labute approximate surface area is 144 Å². The topological polar surface area (TPSA) is 59.1 Å². The van der Waals surface area contributed by atoms with E-state index < -0.39 is 10.0 Å². The second-order valence-electron chi connectivity index (χ2n) is 6.76. The zero-order valence-corrected chi connectivity index (χ0v) is 15.4. The molecule has 24 heavy (non-hydrogen) atoms. The van der Waals surface area contributed by atoms with Gasteiger partial charge in [-0.25, -0.2) is 12.7 Å². The average molecular weight is 354 g/mol. The van der Waals surface area contributed by atoms with Crippen molar-refractivity contribution in [3.63, 3.8) is 0 Å². The summed E-state index contributed by atoms with van der Waals surface area (Å²) in [5.74, 6) is 1.89. The number of hydrogen-bond donors (Lipinski definition) is 0. The average Bonchev–Trinajstić information content (AvgIpc) is 2.86. The minimum Gasteiger partial charge on any atom is -0.493 e. The van der Waals surface area contributed by atoms with Crippen LogP contribution in [-0.4, -0.2) is 63.8 Å². The zero-order valence-electron chi connectivity index (χ0n) is 14.6. The van der Waals surface area contributed by atoms with Crippen molar-refractivity contribution in [1.29, 1.82) is 0 Å². The number of fused-ring (bicyclic) bond motifs is 4. The van der Waals surface area contributed by atoms with Gasteiger partial charge in [0.2, 0.25) is 10.0 Å². The van der Waals surface area contributed by atoms with E-state index >= 15 is 0 Å². The van der Waals surface area contributed by atoms with Crippen molar-refractivity contribution in [2.75, 3.05) is 40.1 Å². The number of rotatable bonds is 5. The maximum atomic E-state index is 12.0. The van der Waals surface area contributed by atoms with Gasteiger partial charge in [-0.2, -0.15) is 0 Å². The Hall–Kier alpha value is -1.31. The molecule has 0 unspecified atom stereocenters. The lowest BCUT2D eigenvalue weighted by molar-refractivity contribution is 0.124. The second-order valence-corrected chi connectivity index (χ2v) is 8.74. The molecule has 0 N–H and O–H groups in total. The molecule has 2 bridgehead atoms. The molecule has 0 aliphatic carbocycles. The molecule has 3 aliphatic heterocycles. The first-order valence-corrected chi connectivity index (χ1v) is 10.2. The number of para-hydroxylation sites is 1. The largest absolute Gasteiger partial charge is 0.493 e. The summed E-state index contributed by atoms with van der Waals surface area (Å²) in [4.78, 5) is 2.40. The van der Waals surface area contributed by atoms with Crippen LogP contribution in [0.4, 0.5) is 0 Å². The molecule has 3 fully saturated rings. The molecule has 3 saturated heterocycles. The van der Waals surface area contributed by atoms with Crippen LogP contribution in [0.2, 0.25) is 0 Å². The van der Waals surface area contributed by atoms with Crippen LogP contribution in [-0.2, 0) is 16.6 Å². The predicted molar refractivity (Wildman–Crippen MR) is 92.9 cm³/mol. The molecular weight excluding hydrogens is 328 g/mol. The highest BCUT2D eigenvalue weighted by Gasteiger charge is 2.37. The summed E-state index contributed by atoms with van der Waals surface area (Å²) in [5, 5.41) is 0. The van der Waals surface area contributed by atoms with Crippen molar-refractivity contribution in [3.05, 3.63) is 23.8 Å². The Morgan fingerprint density at radius 2 is 1.92 bits per heavy atom. The molecule has 4 rings (SSSR count). The van der Waals surface area contributed by atoms with E-state index in [-0.39, 0.29) is 6.04 Å². The minimum absolute atomic E-state index is 0.259. The Balaban J connectivity index is 1.82. The van der Waals surface area contributed by atoms with Gasteiger partial charge in [-0.3, -0.25) is 4.90 Å². The molecule has 6 nitrogen and oxygen atoms in total. The van der Waals surface area contributed by atoms with Crippen LogP contribution in [0, 0.1) is 5.92 Å². The van der Waals surface area contributed by atoms with E-state index in [1.54, 1.807) is 18.5 Å². The summed E-state index contributed by atoms with van der Waals surface area (Å²) >= 11 is 0. The Bertz CT molecular complexity index is 692. The third kappa shape index (κ3) is 3.53. The molecule has 0 amide bonds. The van der Waals surface area contributed by atoms with Gasteiger partial charge in [0.05, 0.1) is 20.5 Å². The molecule has 134 valence electrons. The number of ether oxygens (including phenoxy) is 2. The number of methoxy groups -OCH3 is 2. The molecule has 3 aliphatic rings. The molecule has 0 saturated carbocycles. The third-order valence-electron chi connectivity index (χ3n) is 5.12. The van der Waals surface area contributed by atoms with Crippen LogP contribution >= 0.6 is 0 Å². The lowest BCUT2D eigenvalue weighted by Gasteiger charge is -2.36. The van der Waals surface area contributed by atoms with Gasteiger partial charge in [-0.1, -0.05) is 12.1 Å². The second kappa shape index (κ2) is 6.90. The molecule has 0 radical (unpaired) electrons. The summed E-state index contributed by atoms with van der Waals surface area (Å²) in [6.45, 7) is 2.90. The first-order valence-electron chi connectivity index (χ1n) is 8.31. The van der Waals surface area contributed by atoms with Crippen LogP contribution in [0.25, 0.3) is 0 Å². The highest BCUT2D eigenvalue weighted by atomic mass is 32.2. The summed E-state index contributed by atoms with van der Waals surface area (Å²) in [6.07, 6.45) is 3.46. The highest BCUT2D eigenvalue weighted by Crippen LogP contribution is 2.35. The number of sulfonamides is 1. The normalized spacial score (nSPS) is 25.5. The van der Waals surface area contributed by atoms with Gasteiger partial charge in [0.25, 0.3) is 0 Å². The number of piperidine rings is 1. The lowest BCUT2D eigenvalue weighted by atomic mass is 9.94. The first-order chi connectivity index (χ1) is 11.4. The van der Waals surface area contributed by atoms with E-state index in [0.717, 1.165) is 43.0 Å². The maximum absolute atomic E-state index is 12.0. The number of hydrogen-bond acceptors (Lipinski definition) is 5. The van der Waals surface area contributed by atoms with Crippen molar-refractivity contribution in [2.45, 2.75) is 25.4 Å². The standard InChI is InChI=1S/C17H26N2O4S/c1-22-16-6-4-5-14(17(16)23-2)11-18-9-13-7-8-15(18)12-19(10-13)24(3,20)21/h4-6,13,15H,7-12H2,1-3H3/t13-,15-/m1/s1.